The van der Waals surface area contributed by atoms with Crippen molar-refractivity contribution < 1.29 is 4.74 Å². The molecule has 16 heavy (non-hydrogen) atoms. The average Bonchev–Trinajstić information content (AvgIpc) is 3.06. The highest BCUT2D eigenvalue weighted by molar-refractivity contribution is 5.33. The van der Waals surface area contributed by atoms with E-state index in [2.05, 4.69) is 24.4 Å². The zero-order chi connectivity index (χ0) is 11.4. The second kappa shape index (κ2) is 5.35. The van der Waals surface area contributed by atoms with E-state index in [4.69, 9.17) is 4.74 Å². The second-order valence-corrected chi connectivity index (χ2v) is 4.58. The van der Waals surface area contributed by atoms with Crippen molar-refractivity contribution in [3.63, 3.8) is 0 Å². The Balaban J connectivity index is 1.82. The van der Waals surface area contributed by atoms with Crippen LogP contribution in [0.3, 0.4) is 0 Å². The van der Waals surface area contributed by atoms with Gasteiger partial charge in [0, 0.05) is 18.2 Å². The first-order chi connectivity index (χ1) is 7.85. The number of ether oxygens (including phenoxy) is 1. The molecule has 1 N–H and O–H groups in total. The van der Waals surface area contributed by atoms with Crippen LogP contribution in [0.4, 0.5) is 0 Å². The number of benzene rings is 1. The van der Waals surface area contributed by atoms with Crippen molar-refractivity contribution in [1.29, 1.82) is 0 Å². The van der Waals surface area contributed by atoms with Crippen LogP contribution in [-0.2, 0) is 6.54 Å². The molecule has 1 aliphatic rings. The number of methoxy groups -OCH3 is 1. The summed E-state index contributed by atoms with van der Waals surface area (Å²) in [5.74, 6) is 1.90. The third-order valence-electron chi connectivity index (χ3n) is 3.33. The van der Waals surface area contributed by atoms with Crippen LogP contribution in [0.5, 0.6) is 5.75 Å². The SMILES string of the molecule is CCCC1CC1NCc1ccccc1OC. The standard InChI is InChI=1S/C14H21NO/c1-3-6-11-9-13(11)15-10-12-7-4-5-8-14(12)16-2/h4-5,7-8,11,13,15H,3,6,9-10H2,1-2H3. The van der Waals surface area contributed by atoms with Crippen LogP contribution >= 0.6 is 0 Å². The molecule has 2 nitrogen and oxygen atoms in total. The van der Waals surface area contributed by atoms with E-state index in [9.17, 15) is 0 Å². The third-order valence-corrected chi connectivity index (χ3v) is 3.33. The molecule has 1 aliphatic carbocycles. The van der Waals surface area contributed by atoms with Gasteiger partial charge in [-0.3, -0.25) is 0 Å². The van der Waals surface area contributed by atoms with Gasteiger partial charge in [0.15, 0.2) is 0 Å². The second-order valence-electron chi connectivity index (χ2n) is 4.58. The fraction of sp³-hybridized carbons (Fsp3) is 0.571. The fourth-order valence-corrected chi connectivity index (χ4v) is 2.28. The predicted octanol–water partition coefficient (Wildman–Crippen LogP) is 2.97. The molecule has 0 heterocycles. The van der Waals surface area contributed by atoms with Gasteiger partial charge in [0.05, 0.1) is 7.11 Å². The Hall–Kier alpha value is -1.02. The van der Waals surface area contributed by atoms with Crippen molar-refractivity contribution in [3.05, 3.63) is 29.8 Å². The van der Waals surface area contributed by atoms with E-state index < -0.39 is 0 Å². The predicted molar refractivity (Wildman–Crippen MR) is 66.6 cm³/mol. The summed E-state index contributed by atoms with van der Waals surface area (Å²) < 4.78 is 5.33. The molecule has 1 fully saturated rings. The average molecular weight is 219 g/mol. The largest absolute Gasteiger partial charge is 0.496 e. The molecule has 0 aromatic heterocycles. The molecule has 1 aromatic rings. The Kier molecular flexibility index (Phi) is 3.83. The van der Waals surface area contributed by atoms with E-state index in [0.29, 0.717) is 0 Å². The maximum absolute atomic E-state index is 5.33. The van der Waals surface area contributed by atoms with Crippen molar-refractivity contribution in [2.45, 2.75) is 38.8 Å². The molecule has 0 amide bonds. The van der Waals surface area contributed by atoms with Crippen LogP contribution in [-0.4, -0.2) is 13.2 Å². The monoisotopic (exact) mass is 219 g/mol. The van der Waals surface area contributed by atoms with Gasteiger partial charge >= 0.3 is 0 Å². The van der Waals surface area contributed by atoms with Gasteiger partial charge in [-0.15, -0.1) is 0 Å². The molecule has 1 saturated carbocycles. The van der Waals surface area contributed by atoms with Gasteiger partial charge in [0.1, 0.15) is 5.75 Å². The van der Waals surface area contributed by atoms with Crippen LogP contribution in [0.2, 0.25) is 0 Å². The van der Waals surface area contributed by atoms with E-state index in [1.807, 2.05) is 12.1 Å². The fourth-order valence-electron chi connectivity index (χ4n) is 2.28. The summed E-state index contributed by atoms with van der Waals surface area (Å²) in [5.41, 5.74) is 1.26. The van der Waals surface area contributed by atoms with Crippen molar-refractivity contribution in [2.24, 2.45) is 5.92 Å². The lowest BCUT2D eigenvalue weighted by atomic mass is 10.2. The molecule has 0 aliphatic heterocycles. The van der Waals surface area contributed by atoms with E-state index in [1.54, 1.807) is 7.11 Å². The molecule has 88 valence electrons. The normalized spacial score (nSPS) is 23.1. The summed E-state index contributed by atoms with van der Waals surface area (Å²) in [7, 11) is 1.73. The molecule has 0 spiro atoms. The lowest BCUT2D eigenvalue weighted by molar-refractivity contribution is 0.407. The van der Waals surface area contributed by atoms with E-state index in [0.717, 1.165) is 24.3 Å². The Morgan fingerprint density at radius 1 is 1.38 bits per heavy atom. The topological polar surface area (TPSA) is 21.3 Å². The van der Waals surface area contributed by atoms with Crippen LogP contribution in [0.1, 0.15) is 31.7 Å². The van der Waals surface area contributed by atoms with Crippen LogP contribution in [0.25, 0.3) is 0 Å². The summed E-state index contributed by atoms with van der Waals surface area (Å²) in [6.07, 6.45) is 4.02. The molecular formula is C14H21NO. The lowest BCUT2D eigenvalue weighted by Crippen LogP contribution is -2.18. The number of nitrogens with one attached hydrogen (secondary N) is 1. The molecule has 0 radical (unpaired) electrons. The molecule has 2 atom stereocenters. The first-order valence-electron chi connectivity index (χ1n) is 6.20. The van der Waals surface area contributed by atoms with Crippen LogP contribution < -0.4 is 10.1 Å². The number of para-hydroxylation sites is 1. The number of hydrogen-bond donors (Lipinski definition) is 1. The zero-order valence-electron chi connectivity index (χ0n) is 10.2. The summed E-state index contributed by atoms with van der Waals surface area (Å²) in [4.78, 5) is 0. The molecule has 2 rings (SSSR count). The first-order valence-corrected chi connectivity index (χ1v) is 6.20. The molecule has 0 bridgehead atoms. The van der Waals surface area contributed by atoms with E-state index in [-0.39, 0.29) is 0 Å². The van der Waals surface area contributed by atoms with Crippen molar-refractivity contribution >= 4 is 0 Å². The van der Waals surface area contributed by atoms with Gasteiger partial charge in [-0.25, -0.2) is 0 Å². The highest BCUT2D eigenvalue weighted by atomic mass is 16.5. The van der Waals surface area contributed by atoms with Gasteiger partial charge in [0.25, 0.3) is 0 Å². The Morgan fingerprint density at radius 2 is 2.19 bits per heavy atom. The molecule has 0 saturated heterocycles. The maximum atomic E-state index is 5.33. The van der Waals surface area contributed by atoms with Crippen molar-refractivity contribution in [3.8, 4) is 5.75 Å². The lowest BCUT2D eigenvalue weighted by Gasteiger charge is -2.09. The maximum Gasteiger partial charge on any atom is 0.123 e. The molecule has 2 unspecified atom stereocenters. The quantitative estimate of drug-likeness (QED) is 0.794. The number of hydrogen-bond acceptors (Lipinski definition) is 2. The summed E-state index contributed by atoms with van der Waals surface area (Å²) in [6.45, 7) is 3.19. The minimum atomic E-state index is 0.741. The van der Waals surface area contributed by atoms with Gasteiger partial charge in [-0.1, -0.05) is 31.5 Å². The van der Waals surface area contributed by atoms with Gasteiger partial charge < -0.3 is 10.1 Å². The zero-order valence-corrected chi connectivity index (χ0v) is 10.2. The van der Waals surface area contributed by atoms with Gasteiger partial charge in [-0.2, -0.15) is 0 Å². The smallest absolute Gasteiger partial charge is 0.123 e. The first kappa shape index (κ1) is 11.5. The molecular weight excluding hydrogens is 198 g/mol. The van der Waals surface area contributed by atoms with Crippen LogP contribution in [0, 0.1) is 5.92 Å². The van der Waals surface area contributed by atoms with Crippen molar-refractivity contribution in [2.75, 3.05) is 7.11 Å². The van der Waals surface area contributed by atoms with Gasteiger partial charge in [0.2, 0.25) is 0 Å². The Morgan fingerprint density at radius 3 is 2.94 bits per heavy atom. The minimum absolute atomic E-state index is 0.741. The van der Waals surface area contributed by atoms with E-state index >= 15 is 0 Å². The number of rotatable bonds is 6. The summed E-state index contributed by atoms with van der Waals surface area (Å²) in [6, 6.07) is 8.97. The van der Waals surface area contributed by atoms with E-state index in [1.165, 1.54) is 24.8 Å². The minimum Gasteiger partial charge on any atom is -0.496 e. The third kappa shape index (κ3) is 2.76. The Bertz CT molecular complexity index is 337. The highest BCUT2D eigenvalue weighted by Crippen LogP contribution is 2.35. The highest BCUT2D eigenvalue weighted by Gasteiger charge is 2.35. The molecule has 2 heteroatoms. The van der Waals surface area contributed by atoms with Crippen LogP contribution in [0.15, 0.2) is 24.3 Å². The summed E-state index contributed by atoms with van der Waals surface area (Å²) >= 11 is 0. The summed E-state index contributed by atoms with van der Waals surface area (Å²) in [5, 5.41) is 3.60. The van der Waals surface area contributed by atoms with Crippen molar-refractivity contribution in [1.82, 2.24) is 5.32 Å². The molecule has 1 aromatic carbocycles. The Labute approximate surface area is 98.0 Å². The van der Waals surface area contributed by atoms with Gasteiger partial charge in [-0.05, 0) is 24.8 Å².